The Kier molecular flexibility index (Phi) is 6.71. The van der Waals surface area contributed by atoms with Crippen molar-refractivity contribution < 1.29 is 22.7 Å². The predicted molar refractivity (Wildman–Crippen MR) is 130 cm³/mol. The first-order valence-corrected chi connectivity index (χ1v) is 12.1. The van der Waals surface area contributed by atoms with Gasteiger partial charge in [0.2, 0.25) is 6.41 Å². The van der Waals surface area contributed by atoms with Crippen molar-refractivity contribution in [1.29, 1.82) is 0 Å². The Hall–Kier alpha value is -3.39. The lowest BCUT2D eigenvalue weighted by molar-refractivity contribution is -0.137. The van der Waals surface area contributed by atoms with Crippen LogP contribution in [0.2, 0.25) is 0 Å². The lowest BCUT2D eigenvalue weighted by Crippen LogP contribution is -2.53. The molecule has 188 valence electrons. The second-order valence-electron chi connectivity index (χ2n) is 9.53. The zero-order chi connectivity index (χ0) is 25.3. The van der Waals surface area contributed by atoms with E-state index < -0.39 is 11.7 Å². The predicted octanol–water partition coefficient (Wildman–Crippen LogP) is 5.63. The first kappa shape index (κ1) is 24.3. The molecule has 1 unspecified atom stereocenters. The van der Waals surface area contributed by atoms with Crippen LogP contribution in [-0.4, -0.2) is 46.9 Å². The van der Waals surface area contributed by atoms with Crippen LogP contribution in [0, 0.1) is 6.92 Å². The topological polar surface area (TPSA) is 45.7 Å². The third-order valence-corrected chi connectivity index (χ3v) is 6.98. The molecule has 8 heteroatoms. The van der Waals surface area contributed by atoms with Crippen molar-refractivity contribution in [3.05, 3.63) is 83.0 Å². The van der Waals surface area contributed by atoms with Crippen LogP contribution in [0.1, 0.15) is 41.3 Å². The minimum atomic E-state index is -4.31. The highest BCUT2D eigenvalue weighted by Crippen LogP contribution is 2.33. The summed E-state index contributed by atoms with van der Waals surface area (Å²) in [7, 11) is 0. The summed E-state index contributed by atoms with van der Waals surface area (Å²) in [6, 6.07) is 17.4. The molecule has 5 rings (SSSR count). The van der Waals surface area contributed by atoms with Crippen LogP contribution in [-0.2, 0) is 17.5 Å². The number of halogens is 3. The highest BCUT2D eigenvalue weighted by atomic mass is 19.4. The zero-order valence-corrected chi connectivity index (χ0v) is 20.0. The lowest BCUT2D eigenvalue weighted by atomic mass is 10.0. The highest BCUT2D eigenvalue weighted by molar-refractivity contribution is 5.61. The maximum Gasteiger partial charge on any atom is 0.416 e. The molecule has 2 fully saturated rings. The van der Waals surface area contributed by atoms with Crippen LogP contribution in [0.15, 0.2) is 60.7 Å². The van der Waals surface area contributed by atoms with Gasteiger partial charge in [-0.3, -0.25) is 14.7 Å². The van der Waals surface area contributed by atoms with E-state index in [0.29, 0.717) is 6.54 Å². The SMILES string of the molecule is Cc1nc(-c2ccc(OC3CN(Cc4ccc(C(F)(F)F)cc4)C3)cc2)ccc1C1CCCN1C=O. The van der Waals surface area contributed by atoms with Crippen LogP contribution in [0.3, 0.4) is 0 Å². The third kappa shape index (κ3) is 5.23. The number of pyridine rings is 1. The van der Waals surface area contributed by atoms with Crippen LogP contribution in [0.5, 0.6) is 5.75 Å². The molecule has 3 heterocycles. The molecule has 5 nitrogen and oxygen atoms in total. The van der Waals surface area contributed by atoms with E-state index in [1.54, 1.807) is 0 Å². The minimum Gasteiger partial charge on any atom is -0.488 e. The van der Waals surface area contributed by atoms with E-state index in [1.807, 2.05) is 42.2 Å². The fourth-order valence-electron chi connectivity index (χ4n) is 5.01. The van der Waals surface area contributed by atoms with Gasteiger partial charge < -0.3 is 9.64 Å². The average molecular weight is 496 g/mol. The summed E-state index contributed by atoms with van der Waals surface area (Å²) in [5, 5.41) is 0. The Balaban J connectivity index is 1.14. The number of hydrogen-bond acceptors (Lipinski definition) is 4. The minimum absolute atomic E-state index is 0.0529. The number of amides is 1. The first-order valence-electron chi connectivity index (χ1n) is 12.1. The van der Waals surface area contributed by atoms with E-state index in [0.717, 1.165) is 84.8 Å². The summed E-state index contributed by atoms with van der Waals surface area (Å²) in [6.07, 6.45) is -1.34. The molecular weight excluding hydrogens is 467 g/mol. The molecule has 1 atom stereocenters. The summed E-state index contributed by atoms with van der Waals surface area (Å²) in [5.74, 6) is 0.777. The van der Waals surface area contributed by atoms with Gasteiger partial charge in [0, 0.05) is 37.4 Å². The second-order valence-corrected chi connectivity index (χ2v) is 9.53. The van der Waals surface area contributed by atoms with Gasteiger partial charge in [-0.1, -0.05) is 18.2 Å². The molecule has 2 aliphatic heterocycles. The second kappa shape index (κ2) is 9.93. The van der Waals surface area contributed by atoms with Crippen molar-refractivity contribution >= 4 is 6.41 Å². The quantitative estimate of drug-likeness (QED) is 0.399. The normalized spacial score (nSPS) is 18.8. The molecule has 0 N–H and O–H groups in total. The monoisotopic (exact) mass is 495 g/mol. The lowest BCUT2D eigenvalue weighted by Gasteiger charge is -2.39. The van der Waals surface area contributed by atoms with Crippen LogP contribution >= 0.6 is 0 Å². The van der Waals surface area contributed by atoms with Gasteiger partial charge in [0.05, 0.1) is 17.3 Å². The Labute approximate surface area is 208 Å². The van der Waals surface area contributed by atoms with E-state index in [1.165, 1.54) is 12.1 Å². The van der Waals surface area contributed by atoms with Crippen LogP contribution < -0.4 is 4.74 Å². The molecule has 3 aromatic rings. The summed E-state index contributed by atoms with van der Waals surface area (Å²) in [5.41, 5.74) is 4.15. The molecule has 1 amide bonds. The van der Waals surface area contributed by atoms with Gasteiger partial charge in [0.1, 0.15) is 11.9 Å². The van der Waals surface area contributed by atoms with Crippen molar-refractivity contribution in [2.24, 2.45) is 0 Å². The molecule has 0 radical (unpaired) electrons. The molecule has 0 aliphatic carbocycles. The van der Waals surface area contributed by atoms with Gasteiger partial charge in [-0.25, -0.2) is 0 Å². The number of alkyl halides is 3. The third-order valence-electron chi connectivity index (χ3n) is 6.98. The van der Waals surface area contributed by atoms with Gasteiger partial charge in [-0.15, -0.1) is 0 Å². The summed E-state index contributed by atoms with van der Waals surface area (Å²) in [6.45, 7) is 4.84. The smallest absolute Gasteiger partial charge is 0.416 e. The maximum absolute atomic E-state index is 12.7. The number of carbonyl (C=O) groups excluding carboxylic acids is 1. The van der Waals surface area contributed by atoms with Crippen LogP contribution in [0.25, 0.3) is 11.3 Å². The zero-order valence-electron chi connectivity index (χ0n) is 20.0. The standard InChI is InChI=1S/C28H28F3N3O2/c1-19-25(27-3-2-14-34(27)18-35)12-13-26(32-19)21-6-10-23(11-7-21)36-24-16-33(17-24)15-20-4-8-22(9-5-20)28(29,30)31/h4-13,18,24,27H,2-3,14-17H2,1H3. The van der Waals surface area contributed by atoms with Gasteiger partial charge in [0.25, 0.3) is 0 Å². The summed E-state index contributed by atoms with van der Waals surface area (Å²) >= 11 is 0. The summed E-state index contributed by atoms with van der Waals surface area (Å²) in [4.78, 5) is 20.1. The molecule has 2 aliphatic rings. The van der Waals surface area contributed by atoms with E-state index >= 15 is 0 Å². The van der Waals surface area contributed by atoms with Gasteiger partial charge in [-0.05, 0) is 73.4 Å². The fraction of sp³-hybridized carbons (Fsp3) is 0.357. The largest absolute Gasteiger partial charge is 0.488 e. The molecule has 2 aromatic carbocycles. The Morgan fingerprint density at radius 2 is 1.75 bits per heavy atom. The number of hydrogen-bond donors (Lipinski definition) is 0. The molecular formula is C28H28F3N3O2. The number of aromatic nitrogens is 1. The number of carbonyl (C=O) groups is 1. The number of nitrogens with zero attached hydrogens (tertiary/aromatic N) is 3. The van der Waals surface area contributed by atoms with E-state index in [4.69, 9.17) is 9.72 Å². The molecule has 0 bridgehead atoms. The number of rotatable bonds is 7. The molecule has 36 heavy (non-hydrogen) atoms. The number of benzene rings is 2. The van der Waals surface area contributed by atoms with Gasteiger partial charge in [-0.2, -0.15) is 13.2 Å². The first-order chi connectivity index (χ1) is 17.3. The number of likely N-dealkylation sites (tertiary alicyclic amines) is 2. The highest BCUT2D eigenvalue weighted by Gasteiger charge is 2.31. The average Bonchev–Trinajstić information content (AvgIpc) is 3.31. The molecule has 0 saturated carbocycles. The maximum atomic E-state index is 12.7. The number of aryl methyl sites for hydroxylation is 1. The van der Waals surface area contributed by atoms with Gasteiger partial charge in [0.15, 0.2) is 0 Å². The molecule has 1 aromatic heterocycles. The Bertz CT molecular complexity index is 1210. The van der Waals surface area contributed by atoms with E-state index in [-0.39, 0.29) is 12.1 Å². The molecule has 2 saturated heterocycles. The molecule has 0 spiro atoms. The van der Waals surface area contributed by atoms with Crippen molar-refractivity contribution in [2.75, 3.05) is 19.6 Å². The van der Waals surface area contributed by atoms with Crippen molar-refractivity contribution in [3.8, 4) is 17.0 Å². The Morgan fingerprint density at radius 1 is 1.03 bits per heavy atom. The van der Waals surface area contributed by atoms with Crippen LogP contribution in [0.4, 0.5) is 13.2 Å². The summed E-state index contributed by atoms with van der Waals surface area (Å²) < 4.78 is 44.2. The van der Waals surface area contributed by atoms with Crippen molar-refractivity contribution in [1.82, 2.24) is 14.8 Å². The van der Waals surface area contributed by atoms with E-state index in [9.17, 15) is 18.0 Å². The van der Waals surface area contributed by atoms with Crippen molar-refractivity contribution in [2.45, 2.75) is 44.6 Å². The Morgan fingerprint density at radius 3 is 2.39 bits per heavy atom. The van der Waals surface area contributed by atoms with Gasteiger partial charge >= 0.3 is 6.18 Å². The fourth-order valence-corrected chi connectivity index (χ4v) is 5.01. The van der Waals surface area contributed by atoms with E-state index in [2.05, 4.69) is 11.0 Å². The van der Waals surface area contributed by atoms with Crippen molar-refractivity contribution in [3.63, 3.8) is 0 Å². The number of ether oxygens (including phenoxy) is 1.